The molecule has 1 amide bonds. The van der Waals surface area contributed by atoms with E-state index in [4.69, 9.17) is 21.1 Å². The van der Waals surface area contributed by atoms with Crippen LogP contribution in [0.2, 0.25) is 5.02 Å². The van der Waals surface area contributed by atoms with Crippen molar-refractivity contribution in [2.45, 2.75) is 40.3 Å². The molecule has 1 atom stereocenters. The van der Waals surface area contributed by atoms with Crippen LogP contribution in [-0.4, -0.2) is 18.6 Å². The fourth-order valence-electron chi connectivity index (χ4n) is 2.48. The first-order valence-corrected chi connectivity index (χ1v) is 8.71. The van der Waals surface area contributed by atoms with E-state index in [0.717, 1.165) is 27.5 Å². The minimum absolute atomic E-state index is 0.174. The van der Waals surface area contributed by atoms with Gasteiger partial charge in [0.25, 0.3) is 5.91 Å². The monoisotopic (exact) mass is 361 g/mol. The third-order valence-corrected chi connectivity index (χ3v) is 4.36. The van der Waals surface area contributed by atoms with Crippen LogP contribution in [0.5, 0.6) is 11.5 Å². The maximum absolute atomic E-state index is 12.3. The summed E-state index contributed by atoms with van der Waals surface area (Å²) in [5.41, 5.74) is 2.83. The highest BCUT2D eigenvalue weighted by Crippen LogP contribution is 2.26. The van der Waals surface area contributed by atoms with Crippen molar-refractivity contribution in [3.63, 3.8) is 0 Å². The zero-order valence-corrected chi connectivity index (χ0v) is 15.8. The SMILES string of the molecule is CCOc1cccc(CNC(=O)C(C)Oc2cc(C)c(Cl)c(C)c2)c1. The van der Waals surface area contributed by atoms with Crippen LogP contribution in [0.4, 0.5) is 0 Å². The summed E-state index contributed by atoms with van der Waals surface area (Å²) >= 11 is 6.16. The highest BCUT2D eigenvalue weighted by molar-refractivity contribution is 6.32. The number of carbonyl (C=O) groups is 1. The molecule has 0 aliphatic rings. The summed E-state index contributed by atoms with van der Waals surface area (Å²) in [6.45, 7) is 8.53. The predicted octanol–water partition coefficient (Wildman–Crippen LogP) is 4.44. The van der Waals surface area contributed by atoms with E-state index in [1.807, 2.05) is 57.2 Å². The van der Waals surface area contributed by atoms with Crippen LogP contribution in [0.3, 0.4) is 0 Å². The molecule has 1 unspecified atom stereocenters. The quantitative estimate of drug-likeness (QED) is 0.793. The Hall–Kier alpha value is -2.20. The van der Waals surface area contributed by atoms with Crippen LogP contribution in [0.1, 0.15) is 30.5 Å². The fraction of sp³-hybridized carbons (Fsp3) is 0.350. The molecule has 2 aromatic carbocycles. The van der Waals surface area contributed by atoms with Gasteiger partial charge in [-0.3, -0.25) is 4.79 Å². The second kappa shape index (κ2) is 8.77. The first-order chi connectivity index (χ1) is 11.9. The molecule has 25 heavy (non-hydrogen) atoms. The molecule has 1 N–H and O–H groups in total. The van der Waals surface area contributed by atoms with Crippen LogP contribution in [0.15, 0.2) is 36.4 Å². The van der Waals surface area contributed by atoms with E-state index in [1.165, 1.54) is 0 Å². The lowest BCUT2D eigenvalue weighted by Crippen LogP contribution is -2.35. The van der Waals surface area contributed by atoms with Gasteiger partial charge in [-0.1, -0.05) is 23.7 Å². The maximum Gasteiger partial charge on any atom is 0.261 e. The van der Waals surface area contributed by atoms with E-state index < -0.39 is 6.10 Å². The molecule has 134 valence electrons. The number of aryl methyl sites for hydroxylation is 2. The summed E-state index contributed by atoms with van der Waals surface area (Å²) in [4.78, 5) is 12.3. The number of amides is 1. The van der Waals surface area contributed by atoms with Gasteiger partial charge in [-0.15, -0.1) is 0 Å². The van der Waals surface area contributed by atoms with Gasteiger partial charge < -0.3 is 14.8 Å². The van der Waals surface area contributed by atoms with E-state index in [0.29, 0.717) is 18.9 Å². The van der Waals surface area contributed by atoms with Gasteiger partial charge in [-0.2, -0.15) is 0 Å². The number of ether oxygens (including phenoxy) is 2. The van der Waals surface area contributed by atoms with Gasteiger partial charge in [0.1, 0.15) is 11.5 Å². The third-order valence-electron chi connectivity index (χ3n) is 3.77. The van der Waals surface area contributed by atoms with Gasteiger partial charge in [-0.05, 0) is 68.7 Å². The molecule has 0 spiro atoms. The Kier molecular flexibility index (Phi) is 6.71. The molecule has 0 radical (unpaired) electrons. The smallest absolute Gasteiger partial charge is 0.261 e. The summed E-state index contributed by atoms with van der Waals surface area (Å²) in [6, 6.07) is 11.3. The lowest BCUT2D eigenvalue weighted by Gasteiger charge is -2.16. The summed E-state index contributed by atoms with van der Waals surface area (Å²) in [7, 11) is 0. The minimum atomic E-state index is -0.602. The Labute approximate surface area is 154 Å². The van der Waals surface area contributed by atoms with Crippen LogP contribution < -0.4 is 14.8 Å². The Balaban J connectivity index is 1.93. The van der Waals surface area contributed by atoms with E-state index in [1.54, 1.807) is 6.92 Å². The topological polar surface area (TPSA) is 47.6 Å². The molecule has 0 saturated carbocycles. The van der Waals surface area contributed by atoms with E-state index in [2.05, 4.69) is 5.32 Å². The van der Waals surface area contributed by atoms with Gasteiger partial charge >= 0.3 is 0 Å². The molecule has 0 heterocycles. The molecule has 5 heteroatoms. The van der Waals surface area contributed by atoms with E-state index in [9.17, 15) is 4.79 Å². The largest absolute Gasteiger partial charge is 0.494 e. The number of hydrogen-bond acceptors (Lipinski definition) is 3. The zero-order chi connectivity index (χ0) is 18.4. The Morgan fingerprint density at radius 3 is 2.48 bits per heavy atom. The average Bonchev–Trinajstić information content (AvgIpc) is 2.58. The molecule has 0 aliphatic carbocycles. The normalized spacial score (nSPS) is 11.7. The minimum Gasteiger partial charge on any atom is -0.494 e. The second-order valence-corrected chi connectivity index (χ2v) is 6.31. The predicted molar refractivity (Wildman–Crippen MR) is 100 cm³/mol. The molecule has 0 bridgehead atoms. The van der Waals surface area contributed by atoms with Crippen LogP contribution in [-0.2, 0) is 11.3 Å². The van der Waals surface area contributed by atoms with Crippen molar-refractivity contribution in [3.05, 3.63) is 58.1 Å². The summed E-state index contributed by atoms with van der Waals surface area (Å²) in [6.07, 6.45) is -0.602. The van der Waals surface area contributed by atoms with Gasteiger partial charge in [0, 0.05) is 11.6 Å². The maximum atomic E-state index is 12.3. The van der Waals surface area contributed by atoms with Gasteiger partial charge in [-0.25, -0.2) is 0 Å². The van der Waals surface area contributed by atoms with Crippen molar-refractivity contribution >= 4 is 17.5 Å². The molecule has 0 aliphatic heterocycles. The number of hydrogen-bond donors (Lipinski definition) is 1. The van der Waals surface area contributed by atoms with Crippen molar-refractivity contribution in [1.82, 2.24) is 5.32 Å². The van der Waals surface area contributed by atoms with Crippen molar-refractivity contribution in [3.8, 4) is 11.5 Å². The second-order valence-electron chi connectivity index (χ2n) is 5.93. The molecule has 0 fully saturated rings. The molecule has 0 saturated heterocycles. The van der Waals surface area contributed by atoms with Crippen molar-refractivity contribution in [2.24, 2.45) is 0 Å². The van der Waals surface area contributed by atoms with Gasteiger partial charge in [0.15, 0.2) is 6.10 Å². The number of halogens is 1. The Morgan fingerprint density at radius 2 is 1.84 bits per heavy atom. The van der Waals surface area contributed by atoms with Crippen molar-refractivity contribution in [1.29, 1.82) is 0 Å². The van der Waals surface area contributed by atoms with E-state index in [-0.39, 0.29) is 5.91 Å². The molecule has 0 aromatic heterocycles. The van der Waals surface area contributed by atoms with Gasteiger partial charge in [0.2, 0.25) is 0 Å². The highest BCUT2D eigenvalue weighted by Gasteiger charge is 2.15. The molecule has 2 rings (SSSR count). The standard InChI is InChI=1S/C20H24ClNO3/c1-5-24-17-8-6-7-16(11-17)12-22-20(23)15(4)25-18-9-13(2)19(21)14(3)10-18/h6-11,15H,5,12H2,1-4H3,(H,22,23). The zero-order valence-electron chi connectivity index (χ0n) is 15.1. The molecular weight excluding hydrogens is 338 g/mol. The van der Waals surface area contributed by atoms with Gasteiger partial charge in [0.05, 0.1) is 6.61 Å². The van der Waals surface area contributed by atoms with Crippen LogP contribution >= 0.6 is 11.6 Å². The number of nitrogens with one attached hydrogen (secondary N) is 1. The lowest BCUT2D eigenvalue weighted by molar-refractivity contribution is -0.127. The van der Waals surface area contributed by atoms with E-state index >= 15 is 0 Å². The van der Waals surface area contributed by atoms with Crippen LogP contribution in [0.25, 0.3) is 0 Å². The van der Waals surface area contributed by atoms with Crippen molar-refractivity contribution in [2.75, 3.05) is 6.61 Å². The number of benzene rings is 2. The number of rotatable bonds is 7. The average molecular weight is 362 g/mol. The lowest BCUT2D eigenvalue weighted by atomic mass is 10.1. The number of carbonyl (C=O) groups excluding carboxylic acids is 1. The summed E-state index contributed by atoms with van der Waals surface area (Å²) in [5.74, 6) is 1.26. The molecular formula is C20H24ClNO3. The molecule has 2 aromatic rings. The Morgan fingerprint density at radius 1 is 1.16 bits per heavy atom. The van der Waals surface area contributed by atoms with Crippen molar-refractivity contribution < 1.29 is 14.3 Å². The summed E-state index contributed by atoms with van der Waals surface area (Å²) in [5, 5.41) is 3.60. The van der Waals surface area contributed by atoms with Crippen LogP contribution in [0, 0.1) is 13.8 Å². The highest BCUT2D eigenvalue weighted by atomic mass is 35.5. The first kappa shape index (κ1) is 19.1. The molecule has 4 nitrogen and oxygen atoms in total. The first-order valence-electron chi connectivity index (χ1n) is 8.33. The fourth-order valence-corrected chi connectivity index (χ4v) is 2.59. The third kappa shape index (κ3) is 5.40. The Bertz CT molecular complexity index is 722. The summed E-state index contributed by atoms with van der Waals surface area (Å²) < 4.78 is 11.2.